The number of halogens is 2. The Morgan fingerprint density at radius 1 is 1.19 bits per heavy atom. The molecule has 0 unspecified atom stereocenters. The summed E-state index contributed by atoms with van der Waals surface area (Å²) in [5.74, 6) is 1.59. The summed E-state index contributed by atoms with van der Waals surface area (Å²) in [5, 5.41) is 0. The first-order valence-corrected chi connectivity index (χ1v) is 5.43. The zero-order valence-corrected chi connectivity index (χ0v) is 11.6. The van der Waals surface area contributed by atoms with Gasteiger partial charge >= 0.3 is 0 Å². The Morgan fingerprint density at radius 2 is 1.88 bits per heavy atom. The number of nitrogens with two attached hydrogens (primary N) is 1. The highest BCUT2D eigenvalue weighted by Gasteiger charge is 2.08. The highest BCUT2D eigenvalue weighted by molar-refractivity contribution is 5.85. The SMILES string of the molecule is CCCCCCc1nc(C)oc1CN.Cl.Cl. The van der Waals surface area contributed by atoms with Gasteiger partial charge in [-0.3, -0.25) is 0 Å². The zero-order chi connectivity index (χ0) is 10.4. The Labute approximate surface area is 110 Å². The predicted molar refractivity (Wildman–Crippen MR) is 71.5 cm³/mol. The van der Waals surface area contributed by atoms with Crippen molar-refractivity contribution < 1.29 is 4.42 Å². The van der Waals surface area contributed by atoms with Gasteiger partial charge in [0.15, 0.2) is 5.89 Å². The molecule has 0 amide bonds. The number of aryl methyl sites for hydroxylation is 2. The third kappa shape index (κ3) is 5.73. The molecule has 0 saturated heterocycles. The number of unbranched alkanes of at least 4 members (excludes halogenated alkanes) is 3. The van der Waals surface area contributed by atoms with Gasteiger partial charge in [0, 0.05) is 6.92 Å². The van der Waals surface area contributed by atoms with Crippen LogP contribution in [0.1, 0.15) is 50.0 Å². The Balaban J connectivity index is 0. The van der Waals surface area contributed by atoms with Gasteiger partial charge in [-0.2, -0.15) is 0 Å². The molecule has 0 saturated carbocycles. The van der Waals surface area contributed by atoms with Crippen LogP contribution in [-0.4, -0.2) is 4.98 Å². The molecule has 1 aromatic rings. The summed E-state index contributed by atoms with van der Waals surface area (Å²) in [6.45, 7) is 4.55. The maximum atomic E-state index is 5.56. The van der Waals surface area contributed by atoms with E-state index in [1.807, 2.05) is 6.92 Å². The molecule has 5 heteroatoms. The number of hydrogen-bond donors (Lipinski definition) is 1. The quantitative estimate of drug-likeness (QED) is 0.805. The first-order valence-electron chi connectivity index (χ1n) is 5.43. The summed E-state index contributed by atoms with van der Waals surface area (Å²) in [5.41, 5.74) is 6.62. The molecule has 0 spiro atoms. The van der Waals surface area contributed by atoms with Crippen molar-refractivity contribution >= 4 is 24.8 Å². The van der Waals surface area contributed by atoms with Crippen LogP contribution < -0.4 is 5.73 Å². The monoisotopic (exact) mass is 268 g/mol. The normalized spacial score (nSPS) is 9.44. The zero-order valence-electron chi connectivity index (χ0n) is 9.99. The standard InChI is InChI=1S/C11H20N2O.2ClH/c1-3-4-5-6-7-10-11(8-12)14-9(2)13-10;;/h3-8,12H2,1-2H3;2*1H. The lowest BCUT2D eigenvalue weighted by Crippen LogP contribution is -1.99. The van der Waals surface area contributed by atoms with E-state index >= 15 is 0 Å². The van der Waals surface area contributed by atoms with E-state index < -0.39 is 0 Å². The molecular weight excluding hydrogens is 247 g/mol. The van der Waals surface area contributed by atoms with E-state index in [0.29, 0.717) is 6.54 Å². The first kappa shape index (κ1) is 18.1. The van der Waals surface area contributed by atoms with Crippen LogP contribution in [0.4, 0.5) is 0 Å². The van der Waals surface area contributed by atoms with Gasteiger partial charge in [0.2, 0.25) is 0 Å². The van der Waals surface area contributed by atoms with E-state index in [2.05, 4.69) is 11.9 Å². The van der Waals surface area contributed by atoms with E-state index in [9.17, 15) is 0 Å². The van der Waals surface area contributed by atoms with Crippen LogP contribution >= 0.6 is 24.8 Å². The van der Waals surface area contributed by atoms with Crippen molar-refractivity contribution in [3.8, 4) is 0 Å². The highest BCUT2D eigenvalue weighted by atomic mass is 35.5. The second-order valence-electron chi connectivity index (χ2n) is 3.62. The predicted octanol–water partition coefficient (Wildman–Crippen LogP) is 3.41. The fourth-order valence-corrected chi connectivity index (χ4v) is 1.59. The molecule has 1 heterocycles. The summed E-state index contributed by atoms with van der Waals surface area (Å²) in [4.78, 5) is 4.33. The van der Waals surface area contributed by atoms with Gasteiger partial charge in [0.05, 0.1) is 12.2 Å². The van der Waals surface area contributed by atoms with E-state index in [-0.39, 0.29) is 24.8 Å². The van der Waals surface area contributed by atoms with E-state index in [1.165, 1.54) is 25.7 Å². The molecule has 0 aliphatic rings. The van der Waals surface area contributed by atoms with Gasteiger partial charge in [0.1, 0.15) is 5.76 Å². The molecule has 0 fully saturated rings. The van der Waals surface area contributed by atoms with Crippen LogP contribution in [0, 0.1) is 6.92 Å². The summed E-state index contributed by atoms with van der Waals surface area (Å²) in [6.07, 6.45) is 6.03. The first-order chi connectivity index (χ1) is 6.77. The summed E-state index contributed by atoms with van der Waals surface area (Å²) >= 11 is 0. The van der Waals surface area contributed by atoms with Crippen molar-refractivity contribution in [3.63, 3.8) is 0 Å². The minimum atomic E-state index is 0. The molecule has 1 rings (SSSR count). The molecule has 0 aliphatic carbocycles. The molecule has 1 aromatic heterocycles. The fraction of sp³-hybridized carbons (Fsp3) is 0.727. The van der Waals surface area contributed by atoms with Gasteiger partial charge in [0.25, 0.3) is 0 Å². The van der Waals surface area contributed by atoms with E-state index in [1.54, 1.807) is 0 Å². The number of hydrogen-bond acceptors (Lipinski definition) is 3. The maximum Gasteiger partial charge on any atom is 0.191 e. The second-order valence-corrected chi connectivity index (χ2v) is 3.62. The molecular formula is C11H22Cl2N2O. The van der Waals surface area contributed by atoms with Gasteiger partial charge in [-0.25, -0.2) is 4.98 Å². The van der Waals surface area contributed by atoms with Crippen LogP contribution in [0.3, 0.4) is 0 Å². The Kier molecular flexibility index (Phi) is 11.3. The average molecular weight is 269 g/mol. The van der Waals surface area contributed by atoms with Gasteiger partial charge in [-0.1, -0.05) is 26.2 Å². The number of rotatable bonds is 6. The van der Waals surface area contributed by atoms with Gasteiger partial charge in [-0.05, 0) is 12.8 Å². The van der Waals surface area contributed by atoms with E-state index in [0.717, 1.165) is 23.8 Å². The molecule has 0 atom stereocenters. The number of aromatic nitrogens is 1. The molecule has 16 heavy (non-hydrogen) atoms. The minimum absolute atomic E-state index is 0. The Morgan fingerprint density at radius 3 is 2.44 bits per heavy atom. The van der Waals surface area contributed by atoms with Crippen molar-refractivity contribution in [2.45, 2.75) is 52.5 Å². The van der Waals surface area contributed by atoms with E-state index in [4.69, 9.17) is 10.2 Å². The van der Waals surface area contributed by atoms with Crippen molar-refractivity contribution in [2.75, 3.05) is 0 Å². The average Bonchev–Trinajstić information content (AvgIpc) is 2.54. The number of nitrogens with zero attached hydrogens (tertiary/aromatic N) is 1. The molecule has 0 aromatic carbocycles. The maximum absolute atomic E-state index is 5.56. The molecule has 0 aliphatic heterocycles. The number of oxazole rings is 1. The molecule has 0 bridgehead atoms. The lowest BCUT2D eigenvalue weighted by atomic mass is 10.1. The Hall–Kier alpha value is -0.250. The third-order valence-corrected chi connectivity index (χ3v) is 2.34. The minimum Gasteiger partial charge on any atom is -0.444 e. The van der Waals surface area contributed by atoms with Crippen molar-refractivity contribution in [1.82, 2.24) is 4.98 Å². The third-order valence-electron chi connectivity index (χ3n) is 2.34. The van der Waals surface area contributed by atoms with Crippen molar-refractivity contribution in [3.05, 3.63) is 17.3 Å². The Bertz CT molecular complexity index is 277. The van der Waals surface area contributed by atoms with Crippen LogP contribution in [0.25, 0.3) is 0 Å². The van der Waals surface area contributed by atoms with Crippen LogP contribution in [-0.2, 0) is 13.0 Å². The van der Waals surface area contributed by atoms with Gasteiger partial charge < -0.3 is 10.2 Å². The summed E-state index contributed by atoms with van der Waals surface area (Å²) in [7, 11) is 0. The fourth-order valence-electron chi connectivity index (χ4n) is 1.59. The summed E-state index contributed by atoms with van der Waals surface area (Å²) < 4.78 is 5.38. The second kappa shape index (κ2) is 9.94. The lowest BCUT2D eigenvalue weighted by Gasteiger charge is -1.98. The molecule has 2 N–H and O–H groups in total. The molecule has 96 valence electrons. The van der Waals surface area contributed by atoms with Crippen molar-refractivity contribution in [1.29, 1.82) is 0 Å². The van der Waals surface area contributed by atoms with Gasteiger partial charge in [-0.15, -0.1) is 24.8 Å². The van der Waals surface area contributed by atoms with Crippen molar-refractivity contribution in [2.24, 2.45) is 5.73 Å². The molecule has 0 radical (unpaired) electrons. The largest absolute Gasteiger partial charge is 0.444 e. The van der Waals surface area contributed by atoms with Crippen LogP contribution in [0.15, 0.2) is 4.42 Å². The molecule has 3 nitrogen and oxygen atoms in total. The van der Waals surface area contributed by atoms with Crippen LogP contribution in [0.2, 0.25) is 0 Å². The lowest BCUT2D eigenvalue weighted by molar-refractivity contribution is 0.474. The highest BCUT2D eigenvalue weighted by Crippen LogP contribution is 2.13. The topological polar surface area (TPSA) is 52.0 Å². The smallest absolute Gasteiger partial charge is 0.191 e. The summed E-state index contributed by atoms with van der Waals surface area (Å²) in [6, 6.07) is 0. The van der Waals surface area contributed by atoms with Crippen LogP contribution in [0.5, 0.6) is 0 Å².